The van der Waals surface area contributed by atoms with Crippen LogP contribution in [0.5, 0.6) is 0 Å². The van der Waals surface area contributed by atoms with Gasteiger partial charge in [-0.15, -0.1) is 0 Å². The molecule has 1 aromatic rings. The molecule has 2 N–H and O–H groups in total. The molecule has 1 aliphatic rings. The van der Waals surface area contributed by atoms with Gasteiger partial charge in [-0.3, -0.25) is 9.69 Å². The summed E-state index contributed by atoms with van der Waals surface area (Å²) in [5.41, 5.74) is 2.20. The fourth-order valence-corrected chi connectivity index (χ4v) is 3.64. The van der Waals surface area contributed by atoms with Gasteiger partial charge in [-0.05, 0) is 50.3 Å². The summed E-state index contributed by atoms with van der Waals surface area (Å²) in [6.45, 7) is 14.0. The molecule has 0 bridgehead atoms. The molecule has 0 spiro atoms. The number of anilines is 1. The van der Waals surface area contributed by atoms with Crippen LogP contribution in [0.3, 0.4) is 0 Å². The number of benzene rings is 1. The predicted octanol–water partition coefficient (Wildman–Crippen LogP) is 5.15. The van der Waals surface area contributed by atoms with Crippen LogP contribution in [0.1, 0.15) is 79.3 Å². The summed E-state index contributed by atoms with van der Waals surface area (Å²) in [7, 11) is 0. The Balaban J connectivity index is 2.41. The monoisotopic (exact) mass is 443 g/mol. The fourth-order valence-electron chi connectivity index (χ4n) is 3.64. The standard InChI is InChI=1S/C25H37N3O4/c1-8-9-13-28-17(4)21(23(30)32-16(2)3)22(27-24(28)31)18-11-10-12-19(14-18)26-20(29)15-25(5,6)7/h10-12,14,16,22H,8-9,13,15H2,1-7H3,(H,26,29)(H,27,31). The van der Waals surface area contributed by atoms with Crippen molar-refractivity contribution in [1.29, 1.82) is 0 Å². The number of unbranched alkanes of at least 4 members (excludes halogenated alkanes) is 1. The van der Waals surface area contributed by atoms with Gasteiger partial charge >= 0.3 is 12.0 Å². The lowest BCUT2D eigenvalue weighted by molar-refractivity contribution is -0.143. The van der Waals surface area contributed by atoms with Gasteiger partial charge in [-0.2, -0.15) is 0 Å². The Morgan fingerprint density at radius 3 is 2.53 bits per heavy atom. The third-order valence-electron chi connectivity index (χ3n) is 5.09. The number of urea groups is 1. The summed E-state index contributed by atoms with van der Waals surface area (Å²) < 4.78 is 5.51. The van der Waals surface area contributed by atoms with Crippen molar-refractivity contribution in [2.75, 3.05) is 11.9 Å². The Bertz CT molecular complexity index is 883. The second-order valence-corrected chi connectivity index (χ2v) is 9.75. The molecule has 0 aliphatic carbocycles. The summed E-state index contributed by atoms with van der Waals surface area (Å²) in [4.78, 5) is 39.9. The van der Waals surface area contributed by atoms with Gasteiger partial charge in [0.15, 0.2) is 0 Å². The second kappa shape index (κ2) is 10.7. The Morgan fingerprint density at radius 1 is 1.25 bits per heavy atom. The van der Waals surface area contributed by atoms with E-state index in [2.05, 4.69) is 17.6 Å². The van der Waals surface area contributed by atoms with Gasteiger partial charge in [0.2, 0.25) is 5.91 Å². The van der Waals surface area contributed by atoms with Crippen LogP contribution in [-0.2, 0) is 14.3 Å². The van der Waals surface area contributed by atoms with Crippen molar-refractivity contribution in [1.82, 2.24) is 10.2 Å². The molecule has 32 heavy (non-hydrogen) atoms. The van der Waals surface area contributed by atoms with E-state index in [0.29, 0.717) is 35.5 Å². The molecule has 176 valence electrons. The zero-order valence-corrected chi connectivity index (χ0v) is 20.4. The van der Waals surface area contributed by atoms with Crippen molar-refractivity contribution in [2.45, 2.75) is 79.9 Å². The Labute approximate surface area is 191 Å². The summed E-state index contributed by atoms with van der Waals surface area (Å²) in [6, 6.07) is 6.32. The van der Waals surface area contributed by atoms with Crippen LogP contribution in [-0.4, -0.2) is 35.5 Å². The van der Waals surface area contributed by atoms with Gasteiger partial charge in [0.1, 0.15) is 0 Å². The van der Waals surface area contributed by atoms with E-state index in [1.165, 1.54) is 0 Å². The zero-order chi connectivity index (χ0) is 24.1. The van der Waals surface area contributed by atoms with E-state index in [0.717, 1.165) is 12.8 Å². The number of rotatable bonds is 8. The van der Waals surface area contributed by atoms with E-state index in [1.54, 1.807) is 43.9 Å². The average molecular weight is 444 g/mol. The van der Waals surface area contributed by atoms with E-state index in [4.69, 9.17) is 4.74 Å². The molecule has 1 unspecified atom stereocenters. The van der Waals surface area contributed by atoms with Crippen molar-refractivity contribution in [3.63, 3.8) is 0 Å². The first-order chi connectivity index (χ1) is 14.9. The van der Waals surface area contributed by atoms with Gasteiger partial charge < -0.3 is 15.4 Å². The van der Waals surface area contributed by atoms with Crippen LogP contribution in [0.4, 0.5) is 10.5 Å². The first-order valence-electron chi connectivity index (χ1n) is 11.3. The molecule has 0 saturated heterocycles. The zero-order valence-electron chi connectivity index (χ0n) is 20.4. The number of carbonyl (C=O) groups is 3. The molecule has 0 radical (unpaired) electrons. The molecule has 3 amide bonds. The largest absolute Gasteiger partial charge is 0.459 e. The summed E-state index contributed by atoms with van der Waals surface area (Å²) in [5.74, 6) is -0.537. The van der Waals surface area contributed by atoms with Crippen LogP contribution < -0.4 is 10.6 Å². The quantitative estimate of drug-likeness (QED) is 0.544. The minimum atomic E-state index is -0.661. The highest BCUT2D eigenvalue weighted by Gasteiger charge is 2.36. The number of hydrogen-bond acceptors (Lipinski definition) is 4. The molecule has 0 saturated carbocycles. The molecule has 7 heteroatoms. The van der Waals surface area contributed by atoms with Crippen LogP contribution in [0.2, 0.25) is 0 Å². The maximum atomic E-state index is 13.0. The minimum absolute atomic E-state index is 0.0840. The van der Waals surface area contributed by atoms with Crippen LogP contribution >= 0.6 is 0 Å². The lowest BCUT2D eigenvalue weighted by Crippen LogP contribution is -2.48. The Hall–Kier alpha value is -2.83. The number of carbonyl (C=O) groups excluding carboxylic acids is 3. The van der Waals surface area contributed by atoms with Gasteiger partial charge in [-0.25, -0.2) is 9.59 Å². The first kappa shape index (κ1) is 25.4. The third-order valence-corrected chi connectivity index (χ3v) is 5.09. The predicted molar refractivity (Wildman–Crippen MR) is 126 cm³/mol. The van der Waals surface area contributed by atoms with Crippen molar-refractivity contribution >= 4 is 23.6 Å². The molecule has 2 rings (SSSR count). The van der Waals surface area contributed by atoms with Crippen LogP contribution in [0.15, 0.2) is 35.5 Å². The number of ether oxygens (including phenoxy) is 1. The van der Waals surface area contributed by atoms with E-state index < -0.39 is 12.0 Å². The Kier molecular flexibility index (Phi) is 8.47. The number of nitrogens with zero attached hydrogens (tertiary/aromatic N) is 1. The summed E-state index contributed by atoms with van der Waals surface area (Å²) in [6.07, 6.45) is 1.86. The fraction of sp³-hybridized carbons (Fsp3) is 0.560. The molecule has 7 nitrogen and oxygen atoms in total. The van der Waals surface area contributed by atoms with E-state index in [-0.39, 0.29) is 23.5 Å². The maximum absolute atomic E-state index is 13.0. The maximum Gasteiger partial charge on any atom is 0.338 e. The van der Waals surface area contributed by atoms with Crippen molar-refractivity contribution < 1.29 is 19.1 Å². The minimum Gasteiger partial charge on any atom is -0.459 e. The summed E-state index contributed by atoms with van der Waals surface area (Å²) >= 11 is 0. The highest BCUT2D eigenvalue weighted by Crippen LogP contribution is 2.33. The van der Waals surface area contributed by atoms with Crippen molar-refractivity contribution in [3.8, 4) is 0 Å². The van der Waals surface area contributed by atoms with Gasteiger partial charge in [0.25, 0.3) is 0 Å². The van der Waals surface area contributed by atoms with Crippen LogP contribution in [0, 0.1) is 5.41 Å². The lowest BCUT2D eigenvalue weighted by Gasteiger charge is -2.35. The van der Waals surface area contributed by atoms with Gasteiger partial charge in [0.05, 0.1) is 17.7 Å². The highest BCUT2D eigenvalue weighted by molar-refractivity contribution is 5.95. The Morgan fingerprint density at radius 2 is 1.94 bits per heavy atom. The smallest absolute Gasteiger partial charge is 0.338 e. The molecule has 0 aromatic heterocycles. The van der Waals surface area contributed by atoms with Crippen molar-refractivity contribution in [3.05, 3.63) is 41.1 Å². The molecule has 1 aliphatic heterocycles. The molecule has 1 atom stereocenters. The number of amides is 3. The first-order valence-corrected chi connectivity index (χ1v) is 11.3. The van der Waals surface area contributed by atoms with E-state index in [9.17, 15) is 14.4 Å². The molecular formula is C25H37N3O4. The van der Waals surface area contributed by atoms with Gasteiger partial charge in [-0.1, -0.05) is 46.2 Å². The topological polar surface area (TPSA) is 87.7 Å². The third kappa shape index (κ3) is 6.84. The SMILES string of the molecule is CCCCN1C(=O)NC(c2cccc(NC(=O)CC(C)(C)C)c2)C(C(=O)OC(C)C)=C1C. The van der Waals surface area contributed by atoms with E-state index in [1.807, 2.05) is 26.8 Å². The second-order valence-electron chi connectivity index (χ2n) is 9.75. The number of hydrogen-bond donors (Lipinski definition) is 2. The molecule has 0 fully saturated rings. The van der Waals surface area contributed by atoms with Crippen molar-refractivity contribution in [2.24, 2.45) is 5.41 Å². The number of nitrogens with one attached hydrogen (secondary N) is 2. The average Bonchev–Trinajstić information content (AvgIpc) is 2.65. The lowest BCUT2D eigenvalue weighted by atomic mass is 9.92. The summed E-state index contributed by atoms with van der Waals surface area (Å²) in [5, 5.41) is 5.88. The van der Waals surface area contributed by atoms with Gasteiger partial charge in [0, 0.05) is 24.4 Å². The molecule has 1 heterocycles. The molecule has 1 aromatic carbocycles. The normalized spacial score (nSPS) is 16.8. The number of allylic oxidation sites excluding steroid dienone is 1. The molecular weight excluding hydrogens is 406 g/mol. The highest BCUT2D eigenvalue weighted by atomic mass is 16.5. The number of esters is 1. The van der Waals surface area contributed by atoms with Crippen LogP contribution in [0.25, 0.3) is 0 Å². The van der Waals surface area contributed by atoms with E-state index >= 15 is 0 Å².